The molecule has 1 aliphatic carbocycles. The van der Waals surface area contributed by atoms with Crippen molar-refractivity contribution >= 4 is 17.7 Å². The van der Waals surface area contributed by atoms with E-state index in [9.17, 15) is 22.4 Å². The van der Waals surface area contributed by atoms with E-state index in [0.717, 1.165) is 42.3 Å². The third-order valence-electron chi connectivity index (χ3n) is 5.10. The van der Waals surface area contributed by atoms with Crippen molar-refractivity contribution in [2.45, 2.75) is 32.5 Å². The summed E-state index contributed by atoms with van der Waals surface area (Å²) >= 11 is 0. The number of aliphatic carboxylic acids is 1. The van der Waals surface area contributed by atoms with Gasteiger partial charge in [0.25, 0.3) is 5.91 Å². The number of rotatable bonds is 3. The van der Waals surface area contributed by atoms with E-state index in [0.29, 0.717) is 13.1 Å². The molecule has 1 saturated carbocycles. The number of fused-ring (bicyclic) bond motifs is 1. The molecule has 2 aliphatic rings. The monoisotopic (exact) mass is 454 g/mol. The van der Waals surface area contributed by atoms with Crippen LogP contribution in [0.3, 0.4) is 0 Å². The predicted octanol–water partition coefficient (Wildman–Crippen LogP) is 3.43. The van der Waals surface area contributed by atoms with E-state index < -0.39 is 18.0 Å². The number of amides is 1. The number of carbonyl (C=O) groups excluding carboxylic acids is 1. The quantitative estimate of drug-likeness (QED) is 0.716. The fraction of sp³-hybridized carbons (Fsp3) is 0.429. The smallest absolute Gasteiger partial charge is 0.475 e. The first kappa shape index (κ1) is 23.4. The second kappa shape index (κ2) is 9.49. The first-order valence-electron chi connectivity index (χ1n) is 9.96. The minimum absolute atomic E-state index is 0.0762. The zero-order chi connectivity index (χ0) is 23.5. The Morgan fingerprint density at radius 3 is 2.47 bits per heavy atom. The van der Waals surface area contributed by atoms with Gasteiger partial charge in [0.15, 0.2) is 5.82 Å². The standard InChI is InChI=1S/C19H21FN4O.C2HF3O2/c1-13-2-5-15-12-24(19(25)16-6-7-21-10-17(16)20)9-8-23(18(15)22-13)11-14-3-4-14;3-2(4,5)1(6)7/h2,5-7,10,14H,3-4,8-9,11-12H2,1H3;(H,6,7). The molecule has 3 heterocycles. The van der Waals surface area contributed by atoms with E-state index in [1.165, 1.54) is 25.1 Å². The molecule has 0 spiro atoms. The number of nitrogens with zero attached hydrogens (tertiary/aromatic N) is 4. The van der Waals surface area contributed by atoms with Gasteiger partial charge in [0.1, 0.15) is 5.82 Å². The van der Waals surface area contributed by atoms with Crippen LogP contribution >= 0.6 is 0 Å². The Hall–Kier alpha value is -3.24. The van der Waals surface area contributed by atoms with Crippen LogP contribution in [0.2, 0.25) is 0 Å². The molecule has 2 aromatic heterocycles. The van der Waals surface area contributed by atoms with E-state index in [4.69, 9.17) is 14.9 Å². The predicted molar refractivity (Wildman–Crippen MR) is 107 cm³/mol. The van der Waals surface area contributed by atoms with Gasteiger partial charge in [-0.3, -0.25) is 9.78 Å². The van der Waals surface area contributed by atoms with Gasteiger partial charge in [-0.25, -0.2) is 14.2 Å². The van der Waals surface area contributed by atoms with Gasteiger partial charge in [0.2, 0.25) is 0 Å². The number of carbonyl (C=O) groups is 2. The zero-order valence-electron chi connectivity index (χ0n) is 17.3. The van der Waals surface area contributed by atoms with E-state index in [1.54, 1.807) is 4.90 Å². The summed E-state index contributed by atoms with van der Waals surface area (Å²) in [5.74, 6) is -1.92. The number of carboxylic acids is 1. The molecule has 0 saturated heterocycles. The van der Waals surface area contributed by atoms with Crippen molar-refractivity contribution in [3.63, 3.8) is 0 Å². The van der Waals surface area contributed by atoms with Crippen molar-refractivity contribution < 1.29 is 32.3 Å². The summed E-state index contributed by atoms with van der Waals surface area (Å²) in [5, 5.41) is 7.12. The Morgan fingerprint density at radius 2 is 1.88 bits per heavy atom. The maximum Gasteiger partial charge on any atom is 0.490 e. The van der Waals surface area contributed by atoms with Crippen molar-refractivity contribution in [3.05, 3.63) is 53.2 Å². The van der Waals surface area contributed by atoms with Crippen LogP contribution in [0.4, 0.5) is 23.4 Å². The number of pyridine rings is 2. The molecule has 0 atom stereocenters. The number of halogens is 4. The summed E-state index contributed by atoms with van der Waals surface area (Å²) in [5.41, 5.74) is 2.07. The molecule has 32 heavy (non-hydrogen) atoms. The molecule has 172 valence electrons. The van der Waals surface area contributed by atoms with Gasteiger partial charge in [-0.1, -0.05) is 6.07 Å². The highest BCUT2D eigenvalue weighted by Gasteiger charge is 2.38. The lowest BCUT2D eigenvalue weighted by atomic mass is 10.2. The van der Waals surface area contributed by atoms with Crippen LogP contribution < -0.4 is 4.90 Å². The summed E-state index contributed by atoms with van der Waals surface area (Å²) in [6, 6.07) is 5.44. The Balaban J connectivity index is 0.000000360. The summed E-state index contributed by atoms with van der Waals surface area (Å²) < 4.78 is 45.7. The van der Waals surface area contributed by atoms with E-state index in [2.05, 4.69) is 9.88 Å². The van der Waals surface area contributed by atoms with E-state index in [-0.39, 0.29) is 11.5 Å². The fourth-order valence-corrected chi connectivity index (χ4v) is 3.28. The summed E-state index contributed by atoms with van der Waals surface area (Å²) in [6.07, 6.45) is -0.0131. The molecular weight excluding hydrogens is 432 g/mol. The number of aromatic nitrogens is 2. The summed E-state index contributed by atoms with van der Waals surface area (Å²) in [4.78, 5) is 34.2. The van der Waals surface area contributed by atoms with Crippen molar-refractivity contribution in [2.24, 2.45) is 5.92 Å². The normalized spacial score (nSPS) is 15.9. The van der Waals surface area contributed by atoms with Crippen LogP contribution in [0.25, 0.3) is 0 Å². The molecule has 1 fully saturated rings. The lowest BCUT2D eigenvalue weighted by molar-refractivity contribution is -0.192. The molecule has 11 heteroatoms. The van der Waals surface area contributed by atoms with Crippen molar-refractivity contribution in [3.8, 4) is 0 Å². The highest BCUT2D eigenvalue weighted by molar-refractivity contribution is 5.94. The number of anilines is 1. The van der Waals surface area contributed by atoms with E-state index in [1.807, 2.05) is 19.1 Å². The summed E-state index contributed by atoms with van der Waals surface area (Å²) in [7, 11) is 0. The molecule has 7 nitrogen and oxygen atoms in total. The van der Waals surface area contributed by atoms with Gasteiger partial charge in [-0.15, -0.1) is 0 Å². The molecule has 2 aromatic rings. The molecule has 0 unspecified atom stereocenters. The van der Waals surface area contributed by atoms with Crippen molar-refractivity contribution in [1.29, 1.82) is 0 Å². The second-order valence-corrected chi connectivity index (χ2v) is 7.71. The van der Waals surface area contributed by atoms with Gasteiger partial charge in [-0.05, 0) is 37.8 Å². The lowest BCUT2D eigenvalue weighted by Crippen LogP contribution is -2.36. The molecule has 1 N–H and O–H groups in total. The van der Waals surface area contributed by atoms with Gasteiger partial charge >= 0.3 is 12.1 Å². The lowest BCUT2D eigenvalue weighted by Gasteiger charge is -2.24. The highest BCUT2D eigenvalue weighted by Crippen LogP contribution is 2.33. The van der Waals surface area contributed by atoms with Crippen LogP contribution in [0.5, 0.6) is 0 Å². The third kappa shape index (κ3) is 5.92. The zero-order valence-corrected chi connectivity index (χ0v) is 17.3. The second-order valence-electron chi connectivity index (χ2n) is 7.71. The molecule has 4 rings (SSSR count). The SMILES string of the molecule is Cc1ccc2c(n1)N(CC1CC1)CCN(C(=O)c1ccncc1F)C2.O=C(O)C(F)(F)F. The molecule has 1 amide bonds. The van der Waals surface area contributed by atoms with Crippen LogP contribution in [-0.2, 0) is 11.3 Å². The average Bonchev–Trinajstić information content (AvgIpc) is 3.56. The highest BCUT2D eigenvalue weighted by atomic mass is 19.4. The van der Waals surface area contributed by atoms with Crippen LogP contribution in [0.15, 0.2) is 30.6 Å². The molecule has 1 aliphatic heterocycles. The number of alkyl halides is 3. The molecular formula is C21H22F4N4O3. The Kier molecular flexibility index (Phi) is 6.95. The summed E-state index contributed by atoms with van der Waals surface area (Å²) in [6.45, 7) is 4.69. The number of hydrogen-bond acceptors (Lipinski definition) is 5. The van der Waals surface area contributed by atoms with Crippen LogP contribution in [-0.4, -0.2) is 57.7 Å². The van der Waals surface area contributed by atoms with Gasteiger partial charge in [0, 0.05) is 43.6 Å². The minimum atomic E-state index is -5.08. The fourth-order valence-electron chi connectivity index (χ4n) is 3.28. The molecule has 0 aromatic carbocycles. The first-order chi connectivity index (χ1) is 15.1. The maximum absolute atomic E-state index is 14.0. The third-order valence-corrected chi connectivity index (χ3v) is 5.10. The molecule has 0 bridgehead atoms. The van der Waals surface area contributed by atoms with Gasteiger partial charge in [-0.2, -0.15) is 13.2 Å². The number of aryl methyl sites for hydroxylation is 1. The van der Waals surface area contributed by atoms with E-state index >= 15 is 0 Å². The largest absolute Gasteiger partial charge is 0.490 e. The first-order valence-corrected chi connectivity index (χ1v) is 9.96. The number of hydrogen-bond donors (Lipinski definition) is 1. The van der Waals surface area contributed by atoms with Crippen LogP contribution in [0.1, 0.15) is 34.5 Å². The Labute approximate surface area is 181 Å². The number of carboxylic acid groups (broad SMARTS) is 1. The average molecular weight is 454 g/mol. The van der Waals surface area contributed by atoms with Gasteiger partial charge < -0.3 is 14.9 Å². The minimum Gasteiger partial charge on any atom is -0.475 e. The van der Waals surface area contributed by atoms with Gasteiger partial charge in [0.05, 0.1) is 11.8 Å². The van der Waals surface area contributed by atoms with Crippen LogP contribution in [0, 0.1) is 18.7 Å². The topological polar surface area (TPSA) is 86.6 Å². The Bertz CT molecular complexity index is 995. The maximum atomic E-state index is 14.0. The van der Waals surface area contributed by atoms with Crippen molar-refractivity contribution in [2.75, 3.05) is 24.5 Å². The molecule has 0 radical (unpaired) electrons. The Morgan fingerprint density at radius 1 is 1.19 bits per heavy atom. The van der Waals surface area contributed by atoms with Crippen molar-refractivity contribution in [1.82, 2.24) is 14.9 Å².